The van der Waals surface area contributed by atoms with Crippen LogP contribution >= 0.6 is 7.82 Å². The topological polar surface area (TPSA) is 169 Å². The van der Waals surface area contributed by atoms with Crippen molar-refractivity contribution < 1.29 is 52.9 Å². The molecule has 0 radical (unpaired) electrons. The molecule has 4 atom stereocenters. The molecule has 1 unspecified atom stereocenters. The van der Waals surface area contributed by atoms with Gasteiger partial charge in [-0.15, -0.1) is 0 Å². The van der Waals surface area contributed by atoms with Gasteiger partial charge in [0.05, 0.1) is 25.9 Å². The van der Waals surface area contributed by atoms with Crippen LogP contribution in [0.4, 0.5) is 0 Å². The highest BCUT2D eigenvalue weighted by molar-refractivity contribution is 7.47. The smallest absolute Gasteiger partial charge is 0.462 e. The number of aliphatic hydroxyl groups excluding tert-OH is 3. The van der Waals surface area contributed by atoms with Crippen LogP contribution in [-0.2, 0) is 32.7 Å². The Morgan fingerprint density at radius 3 is 1.73 bits per heavy atom. The lowest BCUT2D eigenvalue weighted by atomic mass is 10.1. The summed E-state index contributed by atoms with van der Waals surface area (Å²) in [6.45, 7) is 1.80. The first-order valence-electron chi connectivity index (χ1n) is 20.3. The van der Waals surface area contributed by atoms with Gasteiger partial charge in [0.15, 0.2) is 6.10 Å². The van der Waals surface area contributed by atoms with E-state index >= 15 is 0 Å². The van der Waals surface area contributed by atoms with Gasteiger partial charge in [0.25, 0.3) is 0 Å². The summed E-state index contributed by atoms with van der Waals surface area (Å²) in [5, 5.41) is 27.8. The molecule has 0 heterocycles. The molecule has 0 amide bonds. The predicted molar refractivity (Wildman–Crippen MR) is 225 cm³/mol. The summed E-state index contributed by atoms with van der Waals surface area (Å²) in [6.07, 6.45) is 43.3. The van der Waals surface area contributed by atoms with E-state index in [9.17, 15) is 29.3 Å². The Balaban J connectivity index is 4.51. The lowest BCUT2D eigenvalue weighted by Gasteiger charge is -2.20. The number of carbonyl (C=O) groups is 2. The Kier molecular flexibility index (Phi) is 36.5. The maximum atomic E-state index is 12.6. The predicted octanol–water partition coefficient (Wildman–Crippen LogP) is 9.41. The monoisotopic (exact) mass is 806 g/mol. The van der Waals surface area contributed by atoms with E-state index in [1.807, 2.05) is 37.3 Å². The van der Waals surface area contributed by atoms with Crippen LogP contribution in [0.2, 0.25) is 0 Å². The molecule has 56 heavy (non-hydrogen) atoms. The zero-order chi connectivity index (χ0) is 41.4. The molecular formula is C44H71O11P. The second kappa shape index (κ2) is 38.7. The molecule has 12 heteroatoms. The zero-order valence-corrected chi connectivity index (χ0v) is 34.8. The molecule has 0 saturated carbocycles. The summed E-state index contributed by atoms with van der Waals surface area (Å²) in [7, 11) is -4.65. The summed E-state index contributed by atoms with van der Waals surface area (Å²) in [5.74, 6) is -1.04. The molecule has 4 N–H and O–H groups in total. The number of rotatable bonds is 36. The standard InChI is InChI=1S/C44H71O11P/c1-3-5-6-7-8-9-10-11-12-16-19-22-25-28-31-34-43(48)52-38-42(39-54-56(50,51)53-37-41(47)36-45)55-44(49)35-32-29-26-23-20-17-14-13-15-18-21-24-27-30-33-40(46)4-2/h5-6,8-9,11-12,14-15,17-18,23-24,26-27,30,33,40-42,45-47H,3-4,7,10,13,16,19-22,25,28-29,31-32,34-39H2,1-2H3,(H,50,51)/b6-5-,9-8-,12-11-,17-14-,18-15-,26-23-,27-24-,33-30+/t40-,41+,42-/m1/s1. The van der Waals surface area contributed by atoms with Gasteiger partial charge in [0.2, 0.25) is 0 Å². The average Bonchev–Trinajstić information content (AvgIpc) is 3.19. The summed E-state index contributed by atoms with van der Waals surface area (Å²) >= 11 is 0. The Morgan fingerprint density at radius 2 is 1.12 bits per heavy atom. The van der Waals surface area contributed by atoms with Gasteiger partial charge in [0, 0.05) is 12.8 Å². The number of phosphoric acid groups is 1. The molecule has 0 aromatic carbocycles. The van der Waals surface area contributed by atoms with Crippen LogP contribution in [-0.4, -0.2) is 76.9 Å². The molecule has 0 aromatic heterocycles. The molecule has 0 aromatic rings. The Morgan fingerprint density at radius 1 is 0.607 bits per heavy atom. The van der Waals surface area contributed by atoms with Crippen molar-refractivity contribution in [3.05, 3.63) is 97.2 Å². The van der Waals surface area contributed by atoms with Gasteiger partial charge in [-0.1, -0.05) is 130 Å². The molecule has 0 fully saturated rings. The number of hydrogen-bond donors (Lipinski definition) is 4. The highest BCUT2D eigenvalue weighted by Crippen LogP contribution is 2.43. The number of carbonyl (C=O) groups excluding carboxylic acids is 2. The SMILES string of the molecule is CC/C=C\C/C=C\C/C=C\CCCCCCCC(=O)OC[C@H](COP(=O)(O)OC[C@@H](O)CO)OC(=O)CCC/C=C\C/C=C\C/C=C\C/C=C\C=C\[C@H](O)CC. The van der Waals surface area contributed by atoms with Crippen molar-refractivity contribution in [2.45, 2.75) is 141 Å². The van der Waals surface area contributed by atoms with Crippen LogP contribution < -0.4 is 0 Å². The third-order valence-corrected chi connectivity index (χ3v) is 8.84. The molecule has 0 aliphatic carbocycles. The maximum absolute atomic E-state index is 12.6. The average molecular weight is 807 g/mol. The minimum Gasteiger partial charge on any atom is -0.462 e. The highest BCUT2D eigenvalue weighted by Gasteiger charge is 2.27. The summed E-state index contributed by atoms with van der Waals surface area (Å²) in [4.78, 5) is 34.9. The molecule has 0 aliphatic heterocycles. The first kappa shape index (κ1) is 52.9. The quantitative estimate of drug-likeness (QED) is 0.0156. The second-order valence-electron chi connectivity index (χ2n) is 13.1. The fourth-order valence-corrected chi connectivity index (χ4v) is 5.43. The van der Waals surface area contributed by atoms with Crippen molar-refractivity contribution in [3.8, 4) is 0 Å². The Labute approximate surface area is 336 Å². The van der Waals surface area contributed by atoms with E-state index in [4.69, 9.17) is 19.1 Å². The largest absolute Gasteiger partial charge is 0.472 e. The van der Waals surface area contributed by atoms with Crippen molar-refractivity contribution in [3.63, 3.8) is 0 Å². The minimum atomic E-state index is -4.65. The molecule has 11 nitrogen and oxygen atoms in total. The normalized spacial score (nSPS) is 15.5. The molecule has 318 valence electrons. The van der Waals surface area contributed by atoms with Crippen LogP contribution in [0.3, 0.4) is 0 Å². The molecule has 0 aliphatic rings. The minimum absolute atomic E-state index is 0.0819. The molecule has 0 rings (SSSR count). The molecule has 0 bridgehead atoms. The first-order valence-corrected chi connectivity index (χ1v) is 21.8. The van der Waals surface area contributed by atoms with E-state index in [2.05, 4.69) is 72.2 Å². The van der Waals surface area contributed by atoms with Gasteiger partial charge in [-0.25, -0.2) is 4.57 Å². The lowest BCUT2D eigenvalue weighted by Crippen LogP contribution is -2.29. The first-order chi connectivity index (χ1) is 27.1. The van der Waals surface area contributed by atoms with Crippen LogP contribution in [0, 0.1) is 0 Å². The zero-order valence-electron chi connectivity index (χ0n) is 33.9. The number of hydrogen-bond acceptors (Lipinski definition) is 10. The van der Waals surface area contributed by atoms with E-state index in [0.717, 1.165) is 70.6 Å². The van der Waals surface area contributed by atoms with Gasteiger partial charge in [-0.3, -0.25) is 18.6 Å². The number of ether oxygens (including phenoxy) is 2. The third-order valence-electron chi connectivity index (χ3n) is 7.89. The Hall–Kier alpha value is -3.15. The van der Waals surface area contributed by atoms with Crippen molar-refractivity contribution in [1.29, 1.82) is 0 Å². The molecule has 0 saturated heterocycles. The second-order valence-corrected chi connectivity index (χ2v) is 14.5. The fourth-order valence-electron chi connectivity index (χ4n) is 4.64. The third kappa shape index (κ3) is 37.8. The number of esters is 2. The number of allylic oxidation sites excluding steroid dienone is 15. The molecular weight excluding hydrogens is 735 g/mol. The van der Waals surface area contributed by atoms with Crippen LogP contribution in [0.1, 0.15) is 123 Å². The fraction of sp³-hybridized carbons (Fsp3) is 0.591. The van der Waals surface area contributed by atoms with Gasteiger partial charge < -0.3 is 29.7 Å². The van der Waals surface area contributed by atoms with Crippen LogP contribution in [0.15, 0.2) is 97.2 Å². The van der Waals surface area contributed by atoms with E-state index in [-0.39, 0.29) is 19.4 Å². The number of aliphatic hydroxyl groups is 3. The van der Waals surface area contributed by atoms with Gasteiger partial charge in [-0.05, 0) is 77.0 Å². The van der Waals surface area contributed by atoms with Crippen LogP contribution in [0.25, 0.3) is 0 Å². The van der Waals surface area contributed by atoms with Crippen molar-refractivity contribution in [2.24, 2.45) is 0 Å². The van der Waals surface area contributed by atoms with Crippen molar-refractivity contribution >= 4 is 19.8 Å². The van der Waals surface area contributed by atoms with E-state index in [0.29, 0.717) is 25.7 Å². The summed E-state index contributed by atoms with van der Waals surface area (Å²) in [6, 6.07) is 0. The van der Waals surface area contributed by atoms with Crippen molar-refractivity contribution in [2.75, 3.05) is 26.4 Å². The Bertz CT molecular complexity index is 1270. The number of unbranched alkanes of at least 4 members (excludes halogenated alkanes) is 6. The van der Waals surface area contributed by atoms with Gasteiger partial charge >= 0.3 is 19.8 Å². The summed E-state index contributed by atoms with van der Waals surface area (Å²) in [5.41, 5.74) is 0. The van der Waals surface area contributed by atoms with E-state index in [1.165, 1.54) is 0 Å². The number of phosphoric ester groups is 1. The summed E-state index contributed by atoms with van der Waals surface area (Å²) < 4.78 is 32.6. The van der Waals surface area contributed by atoms with Gasteiger partial charge in [0.1, 0.15) is 12.7 Å². The van der Waals surface area contributed by atoms with E-state index < -0.39 is 57.9 Å². The van der Waals surface area contributed by atoms with Gasteiger partial charge in [-0.2, -0.15) is 0 Å². The maximum Gasteiger partial charge on any atom is 0.472 e. The van der Waals surface area contributed by atoms with Crippen molar-refractivity contribution in [1.82, 2.24) is 0 Å². The lowest BCUT2D eigenvalue weighted by molar-refractivity contribution is -0.161. The van der Waals surface area contributed by atoms with Crippen LogP contribution in [0.5, 0.6) is 0 Å². The highest BCUT2D eigenvalue weighted by atomic mass is 31.2. The molecule has 0 spiro atoms. The van der Waals surface area contributed by atoms with E-state index in [1.54, 1.807) is 6.08 Å².